The van der Waals surface area contributed by atoms with Crippen molar-refractivity contribution in [3.8, 4) is 0 Å². The van der Waals surface area contributed by atoms with Crippen molar-refractivity contribution in [3.05, 3.63) is 58.4 Å². The van der Waals surface area contributed by atoms with E-state index in [2.05, 4.69) is 48.4 Å². The van der Waals surface area contributed by atoms with E-state index >= 15 is 0 Å². The fourth-order valence-electron chi connectivity index (χ4n) is 2.26. The zero-order valence-electron chi connectivity index (χ0n) is 12.3. The first kappa shape index (κ1) is 14.9. The highest BCUT2D eigenvalue weighted by Crippen LogP contribution is 2.23. The summed E-state index contributed by atoms with van der Waals surface area (Å²) in [4.78, 5) is 4.26. The molecule has 2 nitrogen and oxygen atoms in total. The van der Waals surface area contributed by atoms with Crippen LogP contribution in [0.4, 0.5) is 5.69 Å². The van der Waals surface area contributed by atoms with Gasteiger partial charge in [-0.2, -0.15) is 0 Å². The van der Waals surface area contributed by atoms with Crippen LogP contribution in [0.25, 0.3) is 0 Å². The second-order valence-corrected chi connectivity index (χ2v) is 5.51. The van der Waals surface area contributed by atoms with Crippen LogP contribution in [0.2, 0.25) is 5.15 Å². The van der Waals surface area contributed by atoms with Crippen molar-refractivity contribution in [1.29, 1.82) is 0 Å². The van der Waals surface area contributed by atoms with E-state index in [-0.39, 0.29) is 6.04 Å². The molecule has 0 saturated carbocycles. The first-order chi connectivity index (χ1) is 9.60. The Labute approximate surface area is 126 Å². The monoisotopic (exact) mass is 288 g/mol. The highest BCUT2D eigenvalue weighted by atomic mass is 35.5. The van der Waals surface area contributed by atoms with Gasteiger partial charge in [-0.1, -0.05) is 49.2 Å². The van der Waals surface area contributed by atoms with E-state index in [1.165, 1.54) is 17.5 Å². The lowest BCUT2D eigenvalue weighted by Crippen LogP contribution is -2.08. The predicted molar refractivity (Wildman–Crippen MR) is 86.5 cm³/mol. The van der Waals surface area contributed by atoms with Crippen LogP contribution >= 0.6 is 11.6 Å². The molecule has 0 aliphatic carbocycles. The van der Waals surface area contributed by atoms with Gasteiger partial charge in [0.15, 0.2) is 0 Å². The Morgan fingerprint density at radius 1 is 1.15 bits per heavy atom. The molecule has 3 heteroatoms. The largest absolute Gasteiger partial charge is 0.377 e. The number of anilines is 1. The topological polar surface area (TPSA) is 24.9 Å². The SMILES string of the molecule is CCCc1ccc(C(C)Nc2ccc(Cl)nc2C)cc1. The number of aryl methyl sites for hydroxylation is 2. The molecular formula is C17H21ClN2. The van der Waals surface area contributed by atoms with Gasteiger partial charge in [0.05, 0.1) is 11.4 Å². The van der Waals surface area contributed by atoms with Crippen LogP contribution in [-0.4, -0.2) is 4.98 Å². The van der Waals surface area contributed by atoms with Crippen molar-refractivity contribution in [2.24, 2.45) is 0 Å². The maximum absolute atomic E-state index is 5.88. The number of aromatic nitrogens is 1. The van der Waals surface area contributed by atoms with E-state index < -0.39 is 0 Å². The van der Waals surface area contributed by atoms with E-state index in [4.69, 9.17) is 11.6 Å². The Hall–Kier alpha value is -1.54. The zero-order chi connectivity index (χ0) is 14.5. The molecule has 0 spiro atoms. The maximum Gasteiger partial charge on any atom is 0.129 e. The molecule has 2 rings (SSSR count). The van der Waals surface area contributed by atoms with Crippen LogP contribution in [-0.2, 0) is 6.42 Å². The number of rotatable bonds is 5. The van der Waals surface area contributed by atoms with E-state index in [0.29, 0.717) is 5.15 Å². The van der Waals surface area contributed by atoms with Gasteiger partial charge in [0.2, 0.25) is 0 Å². The number of halogens is 1. The Morgan fingerprint density at radius 2 is 1.85 bits per heavy atom. The summed E-state index contributed by atoms with van der Waals surface area (Å²) in [6, 6.07) is 12.9. The molecule has 0 aliphatic rings. The summed E-state index contributed by atoms with van der Waals surface area (Å²) in [5.41, 5.74) is 4.62. The molecule has 0 amide bonds. The maximum atomic E-state index is 5.88. The molecule has 20 heavy (non-hydrogen) atoms. The van der Waals surface area contributed by atoms with Gasteiger partial charge in [-0.25, -0.2) is 4.98 Å². The first-order valence-electron chi connectivity index (χ1n) is 7.08. The lowest BCUT2D eigenvalue weighted by molar-refractivity contribution is 0.872. The fraction of sp³-hybridized carbons (Fsp3) is 0.353. The number of nitrogens with zero attached hydrogens (tertiary/aromatic N) is 1. The molecule has 1 atom stereocenters. The standard InChI is InChI=1S/C17H21ClN2/c1-4-5-14-6-8-15(9-7-14)12(2)19-16-10-11-17(18)20-13(16)3/h6-12,19H,4-5H2,1-3H3. The summed E-state index contributed by atoms with van der Waals surface area (Å²) in [7, 11) is 0. The Morgan fingerprint density at radius 3 is 2.45 bits per heavy atom. The summed E-state index contributed by atoms with van der Waals surface area (Å²) in [5, 5.41) is 4.02. The Kier molecular flexibility index (Phi) is 5.02. The minimum atomic E-state index is 0.243. The Balaban J connectivity index is 2.09. The van der Waals surface area contributed by atoms with E-state index in [1.807, 2.05) is 19.1 Å². The van der Waals surface area contributed by atoms with Crippen LogP contribution < -0.4 is 5.32 Å². The number of hydrogen-bond acceptors (Lipinski definition) is 2. The summed E-state index contributed by atoms with van der Waals surface area (Å²) < 4.78 is 0. The summed E-state index contributed by atoms with van der Waals surface area (Å²) in [5.74, 6) is 0. The predicted octanol–water partition coefficient (Wildman–Crippen LogP) is 5.17. The third-order valence-corrected chi connectivity index (χ3v) is 3.65. The zero-order valence-corrected chi connectivity index (χ0v) is 13.0. The van der Waals surface area contributed by atoms with Gasteiger partial charge in [0.1, 0.15) is 5.15 Å². The van der Waals surface area contributed by atoms with Gasteiger partial charge in [0.25, 0.3) is 0 Å². The van der Waals surface area contributed by atoms with Crippen LogP contribution in [0.1, 0.15) is 43.1 Å². The highest BCUT2D eigenvalue weighted by Gasteiger charge is 2.08. The molecule has 0 radical (unpaired) electrons. The van der Waals surface area contributed by atoms with E-state index in [9.17, 15) is 0 Å². The number of nitrogens with one attached hydrogen (secondary N) is 1. The number of benzene rings is 1. The van der Waals surface area contributed by atoms with Gasteiger partial charge >= 0.3 is 0 Å². The van der Waals surface area contributed by atoms with Crippen molar-refractivity contribution in [2.45, 2.75) is 39.7 Å². The molecule has 1 aromatic heterocycles. The van der Waals surface area contributed by atoms with Crippen molar-refractivity contribution in [2.75, 3.05) is 5.32 Å². The van der Waals surface area contributed by atoms with Crippen LogP contribution in [0.3, 0.4) is 0 Å². The summed E-state index contributed by atoms with van der Waals surface area (Å²) >= 11 is 5.88. The van der Waals surface area contributed by atoms with Crippen molar-refractivity contribution in [3.63, 3.8) is 0 Å². The molecule has 1 aromatic carbocycles. The van der Waals surface area contributed by atoms with Crippen LogP contribution in [0.5, 0.6) is 0 Å². The fourth-order valence-corrected chi connectivity index (χ4v) is 2.45. The molecule has 2 aromatic rings. The summed E-state index contributed by atoms with van der Waals surface area (Å²) in [6.07, 6.45) is 2.32. The molecule has 1 unspecified atom stereocenters. The molecule has 106 valence electrons. The molecule has 0 saturated heterocycles. The average molecular weight is 289 g/mol. The molecule has 0 fully saturated rings. The van der Waals surface area contributed by atoms with Crippen molar-refractivity contribution >= 4 is 17.3 Å². The Bertz CT molecular complexity index is 564. The minimum absolute atomic E-state index is 0.243. The van der Waals surface area contributed by atoms with Gasteiger partial charge in [-0.05, 0) is 43.5 Å². The average Bonchev–Trinajstić information content (AvgIpc) is 2.43. The van der Waals surface area contributed by atoms with Crippen LogP contribution in [0.15, 0.2) is 36.4 Å². The quantitative estimate of drug-likeness (QED) is 0.768. The van der Waals surface area contributed by atoms with Crippen molar-refractivity contribution < 1.29 is 0 Å². The second-order valence-electron chi connectivity index (χ2n) is 5.12. The lowest BCUT2D eigenvalue weighted by Gasteiger charge is -2.17. The molecule has 1 heterocycles. The minimum Gasteiger partial charge on any atom is -0.377 e. The van der Waals surface area contributed by atoms with Crippen molar-refractivity contribution in [1.82, 2.24) is 4.98 Å². The highest BCUT2D eigenvalue weighted by molar-refractivity contribution is 6.29. The third-order valence-electron chi connectivity index (χ3n) is 3.44. The van der Waals surface area contributed by atoms with Crippen LogP contribution in [0, 0.1) is 6.92 Å². The third kappa shape index (κ3) is 3.73. The van der Waals surface area contributed by atoms with E-state index in [1.54, 1.807) is 0 Å². The molecular weight excluding hydrogens is 268 g/mol. The molecule has 0 aliphatic heterocycles. The van der Waals surface area contributed by atoms with Gasteiger partial charge in [-0.15, -0.1) is 0 Å². The van der Waals surface area contributed by atoms with E-state index in [0.717, 1.165) is 17.8 Å². The lowest BCUT2D eigenvalue weighted by atomic mass is 10.0. The second kappa shape index (κ2) is 6.76. The number of pyridine rings is 1. The smallest absolute Gasteiger partial charge is 0.129 e. The normalized spacial score (nSPS) is 12.2. The molecule has 0 bridgehead atoms. The van der Waals surface area contributed by atoms with Gasteiger partial charge in [0, 0.05) is 6.04 Å². The van der Waals surface area contributed by atoms with Gasteiger partial charge in [-0.3, -0.25) is 0 Å². The summed E-state index contributed by atoms with van der Waals surface area (Å²) in [6.45, 7) is 6.32. The number of hydrogen-bond donors (Lipinski definition) is 1. The first-order valence-corrected chi connectivity index (χ1v) is 7.46. The van der Waals surface area contributed by atoms with Gasteiger partial charge < -0.3 is 5.32 Å². The molecule has 1 N–H and O–H groups in total.